The van der Waals surface area contributed by atoms with E-state index in [9.17, 15) is 9.59 Å². The highest BCUT2D eigenvalue weighted by Crippen LogP contribution is 2.23. The molecule has 0 aliphatic rings. The Morgan fingerprint density at radius 1 is 1.07 bits per heavy atom. The van der Waals surface area contributed by atoms with Crippen molar-refractivity contribution in [3.8, 4) is 0 Å². The van der Waals surface area contributed by atoms with Gasteiger partial charge in [0.25, 0.3) is 0 Å². The van der Waals surface area contributed by atoms with E-state index in [0.29, 0.717) is 10.0 Å². The normalized spacial score (nSPS) is 11.8. The number of carbonyl (C=O) groups excluding carboxylic acids is 2. The maximum Gasteiger partial charge on any atom is 0.242 e. The van der Waals surface area contributed by atoms with Crippen LogP contribution in [0.5, 0.6) is 0 Å². The highest BCUT2D eigenvalue weighted by atomic mass is 35.5. The quantitative estimate of drug-likeness (QED) is 0.776. The Bertz CT molecular complexity index is 832. The van der Waals surface area contributed by atoms with Crippen molar-refractivity contribution in [1.29, 1.82) is 0 Å². The van der Waals surface area contributed by atoms with E-state index in [1.807, 2.05) is 26.0 Å². The third kappa shape index (κ3) is 5.72. The van der Waals surface area contributed by atoms with Crippen LogP contribution in [0.1, 0.15) is 29.2 Å². The van der Waals surface area contributed by atoms with Crippen LogP contribution in [0.3, 0.4) is 0 Å². The van der Waals surface area contributed by atoms with E-state index >= 15 is 0 Å². The molecular weight excluding hydrogens is 383 g/mol. The molecule has 0 fully saturated rings. The number of likely N-dealkylation sites (N-methyl/N-ethyl adjacent to an activating group) is 1. The lowest BCUT2D eigenvalue weighted by Crippen LogP contribution is -2.47. The van der Waals surface area contributed by atoms with Crippen molar-refractivity contribution < 1.29 is 9.59 Å². The van der Waals surface area contributed by atoms with Gasteiger partial charge < -0.3 is 10.2 Å². The fourth-order valence-electron chi connectivity index (χ4n) is 3.07. The number of nitrogens with zero attached hydrogens (tertiary/aromatic N) is 1. The number of benzene rings is 2. The van der Waals surface area contributed by atoms with Crippen molar-refractivity contribution in [2.24, 2.45) is 0 Å². The van der Waals surface area contributed by atoms with Gasteiger partial charge in [-0.05, 0) is 44.0 Å². The molecular formula is C21H24Cl2N2O2. The number of hydrogen-bond acceptors (Lipinski definition) is 2. The summed E-state index contributed by atoms with van der Waals surface area (Å²) in [7, 11) is 1.56. The molecule has 2 amide bonds. The van der Waals surface area contributed by atoms with Crippen molar-refractivity contribution in [3.63, 3.8) is 0 Å². The van der Waals surface area contributed by atoms with E-state index in [1.54, 1.807) is 37.1 Å². The molecule has 0 saturated heterocycles. The first-order valence-corrected chi connectivity index (χ1v) is 9.49. The number of nitrogens with one attached hydrogen (secondary N) is 1. The molecule has 2 aromatic carbocycles. The molecule has 0 unspecified atom stereocenters. The predicted molar refractivity (Wildman–Crippen MR) is 110 cm³/mol. The lowest BCUT2D eigenvalue weighted by atomic mass is 10.0. The number of hydrogen-bond donors (Lipinski definition) is 1. The molecule has 2 aromatic rings. The van der Waals surface area contributed by atoms with E-state index in [-0.39, 0.29) is 24.8 Å². The minimum Gasteiger partial charge on any atom is -0.357 e. The van der Waals surface area contributed by atoms with Crippen molar-refractivity contribution in [2.45, 2.75) is 39.8 Å². The first-order chi connectivity index (χ1) is 12.7. The molecule has 0 saturated carbocycles. The lowest BCUT2D eigenvalue weighted by molar-refractivity contribution is -0.139. The van der Waals surface area contributed by atoms with Crippen molar-refractivity contribution in [1.82, 2.24) is 10.2 Å². The first kappa shape index (κ1) is 21.3. The maximum atomic E-state index is 13.1. The molecule has 0 aromatic heterocycles. The molecule has 0 spiro atoms. The summed E-state index contributed by atoms with van der Waals surface area (Å²) in [6.45, 7) is 5.94. The van der Waals surface area contributed by atoms with Crippen molar-refractivity contribution >= 4 is 35.0 Å². The van der Waals surface area contributed by atoms with Gasteiger partial charge in [-0.3, -0.25) is 9.59 Å². The minimum atomic E-state index is -0.625. The zero-order valence-electron chi connectivity index (χ0n) is 16.0. The Hall–Kier alpha value is -2.04. The van der Waals surface area contributed by atoms with Crippen LogP contribution >= 0.6 is 23.2 Å². The Morgan fingerprint density at radius 2 is 1.70 bits per heavy atom. The standard InChI is InChI=1S/C21H24Cl2N2O2/c1-13-7-14(2)9-16(8-13)10-20(26)25(15(3)21(27)24-4)12-17-5-6-18(22)11-19(17)23/h5-9,11,15H,10,12H2,1-4H3,(H,24,27)/t15-/m1/s1. The third-order valence-electron chi connectivity index (χ3n) is 4.41. The van der Waals surface area contributed by atoms with Gasteiger partial charge in [-0.15, -0.1) is 0 Å². The number of carbonyl (C=O) groups is 2. The fraction of sp³-hybridized carbons (Fsp3) is 0.333. The summed E-state index contributed by atoms with van der Waals surface area (Å²) in [6, 6.07) is 10.5. The highest BCUT2D eigenvalue weighted by Gasteiger charge is 2.26. The summed E-state index contributed by atoms with van der Waals surface area (Å²) >= 11 is 12.2. The molecule has 27 heavy (non-hydrogen) atoms. The largest absolute Gasteiger partial charge is 0.357 e. The Kier molecular flexibility index (Phi) is 7.28. The van der Waals surface area contributed by atoms with E-state index in [2.05, 4.69) is 11.4 Å². The molecule has 0 radical (unpaired) electrons. The van der Waals surface area contributed by atoms with Crippen LogP contribution in [0.25, 0.3) is 0 Å². The Morgan fingerprint density at radius 3 is 2.26 bits per heavy atom. The second kappa shape index (κ2) is 9.25. The summed E-state index contributed by atoms with van der Waals surface area (Å²) in [4.78, 5) is 26.8. The monoisotopic (exact) mass is 406 g/mol. The van der Waals surface area contributed by atoms with Crippen LogP contribution in [-0.4, -0.2) is 29.8 Å². The predicted octanol–water partition coefficient (Wildman–Crippen LogP) is 4.32. The molecule has 2 rings (SSSR count). The van der Waals surface area contributed by atoms with Gasteiger partial charge in [0.15, 0.2) is 0 Å². The van der Waals surface area contributed by atoms with Crippen LogP contribution in [-0.2, 0) is 22.6 Å². The number of halogens is 2. The lowest BCUT2D eigenvalue weighted by Gasteiger charge is -2.29. The second-order valence-corrected chi connectivity index (χ2v) is 7.56. The van der Waals surface area contributed by atoms with Gasteiger partial charge in [-0.25, -0.2) is 0 Å². The number of amides is 2. The van der Waals surface area contributed by atoms with Crippen LogP contribution in [0.2, 0.25) is 10.0 Å². The summed E-state index contributed by atoms with van der Waals surface area (Å²) in [5.41, 5.74) is 3.87. The summed E-state index contributed by atoms with van der Waals surface area (Å²) < 4.78 is 0. The average molecular weight is 407 g/mol. The molecule has 4 nitrogen and oxygen atoms in total. The van der Waals surface area contributed by atoms with E-state index < -0.39 is 6.04 Å². The zero-order chi connectivity index (χ0) is 20.1. The molecule has 0 aliphatic carbocycles. The molecule has 1 N–H and O–H groups in total. The SMILES string of the molecule is CNC(=O)[C@@H](C)N(Cc1ccc(Cl)cc1Cl)C(=O)Cc1cc(C)cc(C)c1. The topological polar surface area (TPSA) is 49.4 Å². The minimum absolute atomic E-state index is 0.137. The average Bonchev–Trinajstić information content (AvgIpc) is 2.58. The van der Waals surface area contributed by atoms with Crippen LogP contribution < -0.4 is 5.32 Å². The van der Waals surface area contributed by atoms with E-state index in [4.69, 9.17) is 23.2 Å². The summed E-state index contributed by atoms with van der Waals surface area (Å²) in [5, 5.41) is 3.60. The molecule has 6 heteroatoms. The van der Waals surface area contributed by atoms with Gasteiger partial charge in [-0.1, -0.05) is 58.6 Å². The van der Waals surface area contributed by atoms with Gasteiger partial charge in [0.1, 0.15) is 6.04 Å². The van der Waals surface area contributed by atoms with Gasteiger partial charge in [-0.2, -0.15) is 0 Å². The molecule has 0 aliphatic heterocycles. The Labute approximate surface area is 170 Å². The van der Waals surface area contributed by atoms with Gasteiger partial charge in [0.05, 0.1) is 6.42 Å². The van der Waals surface area contributed by atoms with Gasteiger partial charge in [0.2, 0.25) is 11.8 Å². The fourth-order valence-corrected chi connectivity index (χ4v) is 3.54. The maximum absolute atomic E-state index is 13.1. The van der Waals surface area contributed by atoms with E-state index in [1.165, 1.54) is 0 Å². The van der Waals surface area contributed by atoms with Gasteiger partial charge in [0, 0.05) is 23.6 Å². The van der Waals surface area contributed by atoms with Gasteiger partial charge >= 0.3 is 0 Å². The highest BCUT2D eigenvalue weighted by molar-refractivity contribution is 6.35. The molecule has 0 bridgehead atoms. The first-order valence-electron chi connectivity index (χ1n) is 8.73. The molecule has 144 valence electrons. The molecule has 0 heterocycles. The summed E-state index contributed by atoms with van der Waals surface area (Å²) in [6.07, 6.45) is 0.217. The van der Waals surface area contributed by atoms with E-state index in [0.717, 1.165) is 22.3 Å². The van der Waals surface area contributed by atoms with Crippen LogP contribution in [0.15, 0.2) is 36.4 Å². The second-order valence-electron chi connectivity index (χ2n) is 6.72. The third-order valence-corrected chi connectivity index (χ3v) is 4.99. The van der Waals surface area contributed by atoms with Crippen LogP contribution in [0, 0.1) is 13.8 Å². The molecule has 1 atom stereocenters. The van der Waals surface area contributed by atoms with Crippen LogP contribution in [0.4, 0.5) is 0 Å². The smallest absolute Gasteiger partial charge is 0.242 e. The Balaban J connectivity index is 2.30. The zero-order valence-corrected chi connectivity index (χ0v) is 17.5. The number of aryl methyl sites for hydroxylation is 2. The summed E-state index contributed by atoms with van der Waals surface area (Å²) in [5.74, 6) is -0.365. The van der Waals surface area contributed by atoms with Crippen molar-refractivity contribution in [2.75, 3.05) is 7.05 Å². The van der Waals surface area contributed by atoms with Crippen molar-refractivity contribution in [3.05, 3.63) is 68.7 Å². The number of rotatable bonds is 6.